The van der Waals surface area contributed by atoms with Gasteiger partial charge in [0, 0.05) is 5.02 Å². The molecule has 0 heterocycles. The number of hydrogen-bond donors (Lipinski definition) is 2. The lowest BCUT2D eigenvalue weighted by molar-refractivity contribution is 0.598. The standard InChI is InChI=1S/C7H7Cl2N3O2S/c8-4-1-2-6(5(9)3-4)15(13,14)12-7(10)11/h1-3H,(H4,10,11,12). The third kappa shape index (κ3) is 2.98. The Labute approximate surface area is 96.7 Å². The molecule has 0 saturated carbocycles. The van der Waals surface area contributed by atoms with E-state index in [2.05, 4.69) is 4.40 Å². The molecule has 0 fully saturated rings. The minimum Gasteiger partial charge on any atom is -0.369 e. The second-order valence-corrected chi connectivity index (χ2v) is 4.98. The van der Waals surface area contributed by atoms with Gasteiger partial charge in [0.1, 0.15) is 4.90 Å². The van der Waals surface area contributed by atoms with Crippen LogP contribution in [0.4, 0.5) is 0 Å². The van der Waals surface area contributed by atoms with Gasteiger partial charge in [0.25, 0.3) is 10.0 Å². The molecule has 0 aliphatic rings. The summed E-state index contributed by atoms with van der Waals surface area (Å²) >= 11 is 11.3. The first-order valence-electron chi connectivity index (χ1n) is 3.64. The first kappa shape index (κ1) is 12.1. The topological polar surface area (TPSA) is 98.5 Å². The Morgan fingerprint density at radius 1 is 1.27 bits per heavy atom. The van der Waals surface area contributed by atoms with Gasteiger partial charge in [-0.25, -0.2) is 0 Å². The highest BCUT2D eigenvalue weighted by molar-refractivity contribution is 7.90. The van der Waals surface area contributed by atoms with Crippen molar-refractivity contribution in [3.8, 4) is 0 Å². The van der Waals surface area contributed by atoms with E-state index in [9.17, 15) is 8.42 Å². The molecule has 0 amide bonds. The maximum absolute atomic E-state index is 11.5. The van der Waals surface area contributed by atoms with Crippen molar-refractivity contribution in [2.45, 2.75) is 4.90 Å². The van der Waals surface area contributed by atoms with Gasteiger partial charge >= 0.3 is 0 Å². The van der Waals surface area contributed by atoms with Crippen molar-refractivity contribution in [3.63, 3.8) is 0 Å². The lowest BCUT2D eigenvalue weighted by Crippen LogP contribution is -2.24. The first-order valence-corrected chi connectivity index (χ1v) is 5.83. The molecular weight excluding hydrogens is 261 g/mol. The summed E-state index contributed by atoms with van der Waals surface area (Å²) in [5.74, 6) is -0.555. The number of guanidine groups is 1. The van der Waals surface area contributed by atoms with Gasteiger partial charge in [0.15, 0.2) is 0 Å². The van der Waals surface area contributed by atoms with Gasteiger partial charge in [-0.1, -0.05) is 23.2 Å². The van der Waals surface area contributed by atoms with E-state index in [1.165, 1.54) is 18.2 Å². The molecule has 0 aliphatic heterocycles. The predicted octanol–water partition coefficient (Wildman–Crippen LogP) is 0.956. The smallest absolute Gasteiger partial charge is 0.287 e. The highest BCUT2D eigenvalue weighted by Gasteiger charge is 2.17. The van der Waals surface area contributed by atoms with Crippen LogP contribution in [0.25, 0.3) is 0 Å². The van der Waals surface area contributed by atoms with Gasteiger partial charge in [-0.3, -0.25) is 0 Å². The number of rotatable bonds is 2. The molecule has 0 saturated heterocycles. The van der Waals surface area contributed by atoms with E-state index in [0.717, 1.165) is 0 Å². The van der Waals surface area contributed by atoms with Crippen LogP contribution in [0.5, 0.6) is 0 Å². The number of halogens is 2. The lowest BCUT2D eigenvalue weighted by Gasteiger charge is -2.02. The molecule has 1 aromatic rings. The summed E-state index contributed by atoms with van der Waals surface area (Å²) in [6.07, 6.45) is 0. The van der Waals surface area contributed by atoms with E-state index < -0.39 is 16.0 Å². The fourth-order valence-electron chi connectivity index (χ4n) is 0.872. The Kier molecular flexibility index (Phi) is 3.43. The molecule has 0 spiro atoms. The van der Waals surface area contributed by atoms with Gasteiger partial charge in [0.05, 0.1) is 5.02 Å². The summed E-state index contributed by atoms with van der Waals surface area (Å²) < 4.78 is 26.1. The fourth-order valence-corrected chi connectivity index (χ4v) is 2.49. The summed E-state index contributed by atoms with van der Waals surface area (Å²) in [7, 11) is -3.96. The van der Waals surface area contributed by atoms with Crippen molar-refractivity contribution in [3.05, 3.63) is 28.2 Å². The van der Waals surface area contributed by atoms with Crippen molar-refractivity contribution < 1.29 is 8.42 Å². The molecule has 0 radical (unpaired) electrons. The first-order chi connectivity index (χ1) is 6.83. The summed E-state index contributed by atoms with van der Waals surface area (Å²) in [5, 5.41) is 0.288. The number of nitrogens with two attached hydrogens (primary N) is 2. The van der Waals surface area contributed by atoms with E-state index in [0.29, 0.717) is 5.02 Å². The molecule has 0 unspecified atom stereocenters. The zero-order valence-corrected chi connectivity index (χ0v) is 9.64. The molecule has 8 heteroatoms. The quantitative estimate of drug-likeness (QED) is 0.616. The molecule has 1 aromatic carbocycles. The lowest BCUT2D eigenvalue weighted by atomic mass is 10.4. The number of hydrogen-bond acceptors (Lipinski definition) is 2. The van der Waals surface area contributed by atoms with E-state index in [1.54, 1.807) is 0 Å². The van der Waals surface area contributed by atoms with Crippen LogP contribution in [0.15, 0.2) is 27.5 Å². The van der Waals surface area contributed by atoms with Crippen LogP contribution in [0.1, 0.15) is 0 Å². The van der Waals surface area contributed by atoms with Crippen LogP contribution in [-0.2, 0) is 10.0 Å². The zero-order chi connectivity index (χ0) is 11.6. The van der Waals surface area contributed by atoms with Gasteiger partial charge in [0.2, 0.25) is 5.96 Å². The SMILES string of the molecule is NC(N)=NS(=O)(=O)c1ccc(Cl)cc1Cl. The average molecular weight is 268 g/mol. The molecule has 4 N–H and O–H groups in total. The number of benzene rings is 1. The van der Waals surface area contributed by atoms with E-state index >= 15 is 0 Å². The molecule has 0 aromatic heterocycles. The number of nitrogens with zero attached hydrogens (tertiary/aromatic N) is 1. The van der Waals surface area contributed by atoms with E-state index in [4.69, 9.17) is 34.7 Å². The molecular formula is C7H7Cl2N3O2S. The molecule has 0 atom stereocenters. The maximum Gasteiger partial charge on any atom is 0.287 e. The van der Waals surface area contributed by atoms with Crippen LogP contribution in [0.3, 0.4) is 0 Å². The maximum atomic E-state index is 11.5. The van der Waals surface area contributed by atoms with E-state index in [1.807, 2.05) is 0 Å². The summed E-state index contributed by atoms with van der Waals surface area (Å²) in [5.41, 5.74) is 9.95. The average Bonchev–Trinajstić information content (AvgIpc) is 1.99. The summed E-state index contributed by atoms with van der Waals surface area (Å²) in [6.45, 7) is 0. The summed E-state index contributed by atoms with van der Waals surface area (Å²) in [4.78, 5) is -0.193. The second kappa shape index (κ2) is 4.26. The van der Waals surface area contributed by atoms with Crippen molar-refractivity contribution in [2.24, 2.45) is 15.9 Å². The molecule has 1 rings (SSSR count). The molecule has 82 valence electrons. The van der Waals surface area contributed by atoms with Crippen molar-refractivity contribution >= 4 is 39.2 Å². The highest BCUT2D eigenvalue weighted by Crippen LogP contribution is 2.26. The Balaban J connectivity index is 3.35. The third-order valence-electron chi connectivity index (χ3n) is 1.40. The predicted molar refractivity (Wildman–Crippen MR) is 59.5 cm³/mol. The normalized spacial score (nSPS) is 11.1. The van der Waals surface area contributed by atoms with Gasteiger partial charge < -0.3 is 11.5 Å². The minimum atomic E-state index is -3.96. The van der Waals surface area contributed by atoms with Crippen LogP contribution < -0.4 is 11.5 Å². The minimum absolute atomic E-state index is 0.0347. The third-order valence-corrected chi connectivity index (χ3v) is 3.42. The Morgan fingerprint density at radius 3 is 2.33 bits per heavy atom. The summed E-state index contributed by atoms with van der Waals surface area (Å²) in [6, 6.07) is 3.90. The van der Waals surface area contributed by atoms with Gasteiger partial charge in [-0.2, -0.15) is 8.42 Å². The molecule has 0 aliphatic carbocycles. The van der Waals surface area contributed by atoms with Crippen molar-refractivity contribution in [1.29, 1.82) is 0 Å². The van der Waals surface area contributed by atoms with Crippen LogP contribution in [-0.4, -0.2) is 14.4 Å². The fraction of sp³-hybridized carbons (Fsp3) is 0. The second-order valence-electron chi connectivity index (χ2n) is 2.57. The molecule has 0 bridgehead atoms. The van der Waals surface area contributed by atoms with Crippen LogP contribution in [0.2, 0.25) is 10.0 Å². The monoisotopic (exact) mass is 267 g/mol. The van der Waals surface area contributed by atoms with Crippen LogP contribution >= 0.6 is 23.2 Å². The Hall–Kier alpha value is -0.980. The highest BCUT2D eigenvalue weighted by atomic mass is 35.5. The largest absolute Gasteiger partial charge is 0.369 e. The van der Waals surface area contributed by atoms with E-state index in [-0.39, 0.29) is 9.92 Å². The van der Waals surface area contributed by atoms with Crippen molar-refractivity contribution in [2.75, 3.05) is 0 Å². The molecule has 15 heavy (non-hydrogen) atoms. The Morgan fingerprint density at radius 2 is 1.87 bits per heavy atom. The molecule has 5 nitrogen and oxygen atoms in total. The number of sulfonamides is 1. The van der Waals surface area contributed by atoms with Crippen molar-refractivity contribution in [1.82, 2.24) is 0 Å². The van der Waals surface area contributed by atoms with Gasteiger partial charge in [-0.05, 0) is 18.2 Å². The van der Waals surface area contributed by atoms with Gasteiger partial charge in [-0.15, -0.1) is 4.40 Å². The zero-order valence-electron chi connectivity index (χ0n) is 7.31. The van der Waals surface area contributed by atoms with Crippen LogP contribution in [0, 0.1) is 0 Å². The Bertz CT molecular complexity index is 509.